The van der Waals surface area contributed by atoms with Gasteiger partial charge < -0.3 is 4.90 Å². The van der Waals surface area contributed by atoms with E-state index in [1.165, 1.54) is 12.1 Å². The van der Waals surface area contributed by atoms with Gasteiger partial charge in [-0.1, -0.05) is 53.5 Å². The van der Waals surface area contributed by atoms with Crippen molar-refractivity contribution in [3.8, 4) is 0 Å². The summed E-state index contributed by atoms with van der Waals surface area (Å²) >= 11 is 11.7. The van der Waals surface area contributed by atoms with Gasteiger partial charge in [-0.3, -0.25) is 4.79 Å². The van der Waals surface area contributed by atoms with Crippen LogP contribution in [0.15, 0.2) is 42.5 Å². The first kappa shape index (κ1) is 14.8. The number of aromatic nitrogens is 1. The summed E-state index contributed by atoms with van der Waals surface area (Å²) < 4.78 is 0. The van der Waals surface area contributed by atoms with E-state index in [0.29, 0.717) is 5.56 Å². The standard InChI is InChI=1S/C15H14Cl2N2O/c1-10(11-6-4-3-5-7-11)19(2)15(20)12-8-13(16)18-14(17)9-12/h3-10H,1-2H3. The Morgan fingerprint density at radius 3 is 2.25 bits per heavy atom. The first-order chi connectivity index (χ1) is 9.49. The number of benzene rings is 1. The molecule has 0 aliphatic rings. The zero-order valence-corrected chi connectivity index (χ0v) is 12.7. The molecule has 3 nitrogen and oxygen atoms in total. The summed E-state index contributed by atoms with van der Waals surface area (Å²) in [6.07, 6.45) is 0. The molecule has 0 N–H and O–H groups in total. The molecule has 0 spiro atoms. The van der Waals surface area contributed by atoms with E-state index in [1.807, 2.05) is 37.3 Å². The lowest BCUT2D eigenvalue weighted by atomic mass is 10.1. The molecule has 0 aliphatic carbocycles. The number of halogens is 2. The van der Waals surface area contributed by atoms with E-state index in [9.17, 15) is 4.79 Å². The van der Waals surface area contributed by atoms with Crippen molar-refractivity contribution >= 4 is 29.1 Å². The lowest BCUT2D eigenvalue weighted by molar-refractivity contribution is 0.0742. The third-order valence-electron chi connectivity index (χ3n) is 3.19. The van der Waals surface area contributed by atoms with E-state index in [4.69, 9.17) is 23.2 Å². The molecule has 5 heteroatoms. The van der Waals surface area contributed by atoms with E-state index in [0.717, 1.165) is 5.56 Å². The van der Waals surface area contributed by atoms with Crippen LogP contribution in [0.2, 0.25) is 10.3 Å². The Morgan fingerprint density at radius 1 is 1.15 bits per heavy atom. The zero-order chi connectivity index (χ0) is 14.7. The summed E-state index contributed by atoms with van der Waals surface area (Å²) in [6.45, 7) is 1.97. The molecule has 2 aromatic rings. The molecule has 1 amide bonds. The minimum absolute atomic E-state index is 0.0468. The fourth-order valence-electron chi connectivity index (χ4n) is 1.92. The predicted molar refractivity (Wildman–Crippen MR) is 81.2 cm³/mol. The molecule has 20 heavy (non-hydrogen) atoms. The van der Waals surface area contributed by atoms with Crippen molar-refractivity contribution in [2.45, 2.75) is 13.0 Å². The van der Waals surface area contributed by atoms with Crippen molar-refractivity contribution in [1.82, 2.24) is 9.88 Å². The molecule has 1 aromatic carbocycles. The molecule has 0 saturated heterocycles. The monoisotopic (exact) mass is 308 g/mol. The molecule has 104 valence electrons. The van der Waals surface area contributed by atoms with E-state index in [1.54, 1.807) is 11.9 Å². The third-order valence-corrected chi connectivity index (χ3v) is 3.58. The van der Waals surface area contributed by atoms with Crippen LogP contribution in [0.4, 0.5) is 0 Å². The number of carbonyl (C=O) groups is 1. The van der Waals surface area contributed by atoms with E-state index >= 15 is 0 Å². The highest BCUT2D eigenvalue weighted by molar-refractivity contribution is 6.33. The van der Waals surface area contributed by atoms with Crippen molar-refractivity contribution in [2.24, 2.45) is 0 Å². The highest BCUT2D eigenvalue weighted by Gasteiger charge is 2.19. The molecule has 1 atom stereocenters. The minimum Gasteiger partial charge on any atom is -0.335 e. The van der Waals surface area contributed by atoms with Crippen molar-refractivity contribution in [1.29, 1.82) is 0 Å². The zero-order valence-electron chi connectivity index (χ0n) is 11.2. The van der Waals surface area contributed by atoms with Crippen LogP contribution in [0.3, 0.4) is 0 Å². The van der Waals surface area contributed by atoms with Crippen LogP contribution in [-0.2, 0) is 0 Å². The minimum atomic E-state index is -0.146. The first-order valence-corrected chi connectivity index (χ1v) is 6.90. The molecule has 0 fully saturated rings. The fourth-order valence-corrected chi connectivity index (χ4v) is 2.38. The Bertz CT molecular complexity index is 596. The molecule has 0 radical (unpaired) electrons. The molecule has 0 saturated carbocycles. The number of nitrogens with zero attached hydrogens (tertiary/aromatic N) is 2. The molecule has 0 aliphatic heterocycles. The fraction of sp³-hybridized carbons (Fsp3) is 0.200. The maximum Gasteiger partial charge on any atom is 0.254 e. The van der Waals surface area contributed by atoms with Crippen molar-refractivity contribution in [3.05, 3.63) is 63.9 Å². The van der Waals surface area contributed by atoms with Gasteiger partial charge in [0.1, 0.15) is 10.3 Å². The Hall–Kier alpha value is -1.58. The van der Waals surface area contributed by atoms with Crippen LogP contribution in [0, 0.1) is 0 Å². The molecule has 0 bridgehead atoms. The van der Waals surface area contributed by atoms with Gasteiger partial charge in [-0.2, -0.15) is 0 Å². The number of pyridine rings is 1. The van der Waals surface area contributed by atoms with Crippen LogP contribution >= 0.6 is 23.2 Å². The van der Waals surface area contributed by atoms with E-state index in [-0.39, 0.29) is 22.3 Å². The number of amides is 1. The average Bonchev–Trinajstić information content (AvgIpc) is 2.45. The Labute approximate surface area is 128 Å². The molecule has 1 heterocycles. The largest absolute Gasteiger partial charge is 0.335 e. The average molecular weight is 309 g/mol. The second-order valence-corrected chi connectivity index (χ2v) is 5.28. The van der Waals surface area contributed by atoms with Gasteiger partial charge in [0.15, 0.2) is 0 Å². The number of carbonyl (C=O) groups excluding carboxylic acids is 1. The lowest BCUT2D eigenvalue weighted by Gasteiger charge is -2.25. The summed E-state index contributed by atoms with van der Waals surface area (Å²) in [7, 11) is 1.75. The summed E-state index contributed by atoms with van der Waals surface area (Å²) in [5.41, 5.74) is 1.50. The van der Waals surface area contributed by atoms with Crippen molar-refractivity contribution < 1.29 is 4.79 Å². The number of rotatable bonds is 3. The van der Waals surface area contributed by atoms with Gasteiger partial charge in [-0.15, -0.1) is 0 Å². The maximum atomic E-state index is 12.4. The van der Waals surface area contributed by atoms with Crippen LogP contribution in [-0.4, -0.2) is 22.8 Å². The molecule has 1 aromatic heterocycles. The second-order valence-electron chi connectivity index (χ2n) is 4.50. The third kappa shape index (κ3) is 3.30. The lowest BCUT2D eigenvalue weighted by Crippen LogP contribution is -2.29. The van der Waals surface area contributed by atoms with Gasteiger partial charge in [0, 0.05) is 12.6 Å². The first-order valence-electron chi connectivity index (χ1n) is 6.14. The molecule has 1 unspecified atom stereocenters. The molecular formula is C15H14Cl2N2O. The van der Waals surface area contributed by atoms with Crippen molar-refractivity contribution in [2.75, 3.05) is 7.05 Å². The summed E-state index contributed by atoms with van der Waals surface area (Å²) in [6, 6.07) is 12.8. The van der Waals surface area contributed by atoms with Gasteiger partial charge in [-0.05, 0) is 24.6 Å². The van der Waals surface area contributed by atoms with Crippen molar-refractivity contribution in [3.63, 3.8) is 0 Å². The van der Waals surface area contributed by atoms with Gasteiger partial charge in [0.25, 0.3) is 5.91 Å². The molecule has 2 rings (SSSR count). The maximum absolute atomic E-state index is 12.4. The second kappa shape index (κ2) is 6.25. The summed E-state index contributed by atoms with van der Waals surface area (Å²) in [4.78, 5) is 17.9. The normalized spacial score (nSPS) is 12.0. The number of hydrogen-bond donors (Lipinski definition) is 0. The number of hydrogen-bond acceptors (Lipinski definition) is 2. The van der Waals surface area contributed by atoms with Gasteiger partial charge in [0.05, 0.1) is 6.04 Å². The smallest absolute Gasteiger partial charge is 0.254 e. The Kier molecular flexibility index (Phi) is 4.63. The van der Waals surface area contributed by atoms with Gasteiger partial charge in [-0.25, -0.2) is 4.98 Å². The quantitative estimate of drug-likeness (QED) is 0.795. The SMILES string of the molecule is CC(c1ccccc1)N(C)C(=O)c1cc(Cl)nc(Cl)c1. The highest BCUT2D eigenvalue weighted by Crippen LogP contribution is 2.22. The van der Waals surface area contributed by atoms with Crippen LogP contribution < -0.4 is 0 Å². The van der Waals surface area contributed by atoms with Crippen LogP contribution in [0.25, 0.3) is 0 Å². The Balaban J connectivity index is 2.24. The van der Waals surface area contributed by atoms with Gasteiger partial charge >= 0.3 is 0 Å². The highest BCUT2D eigenvalue weighted by atomic mass is 35.5. The van der Waals surface area contributed by atoms with E-state index < -0.39 is 0 Å². The topological polar surface area (TPSA) is 33.2 Å². The Morgan fingerprint density at radius 2 is 1.70 bits per heavy atom. The predicted octanol–water partition coefficient (Wildman–Crippen LogP) is 4.22. The summed E-state index contributed by atoms with van der Waals surface area (Å²) in [5, 5.41) is 0.420. The van der Waals surface area contributed by atoms with E-state index in [2.05, 4.69) is 4.98 Å². The van der Waals surface area contributed by atoms with Gasteiger partial charge in [0.2, 0.25) is 0 Å². The summed E-state index contributed by atoms with van der Waals surface area (Å²) in [5.74, 6) is -0.146. The molecular weight excluding hydrogens is 295 g/mol. The van der Waals surface area contributed by atoms with Crippen LogP contribution in [0.1, 0.15) is 28.9 Å². The van der Waals surface area contributed by atoms with Crippen LogP contribution in [0.5, 0.6) is 0 Å².